The average Bonchev–Trinajstić information content (AvgIpc) is 2.65. The molecule has 0 atom stereocenters. The van der Waals surface area contributed by atoms with Gasteiger partial charge in [0.15, 0.2) is 0 Å². The molecule has 0 heterocycles. The average molecular weight is 400 g/mol. The molecule has 140 valence electrons. The first-order valence-electron chi connectivity index (χ1n) is 7.42. The molecule has 2 rings (SSSR count). The molecule has 0 radical (unpaired) electrons. The van der Waals surface area contributed by atoms with Gasteiger partial charge in [0.1, 0.15) is 12.4 Å². The van der Waals surface area contributed by atoms with Crippen LogP contribution >= 0.6 is 11.6 Å². The van der Waals surface area contributed by atoms with E-state index < -0.39 is 16.0 Å². The number of carbonyl (C=O) groups is 1. The van der Waals surface area contributed by atoms with Gasteiger partial charge < -0.3 is 9.47 Å². The van der Waals surface area contributed by atoms with Gasteiger partial charge in [-0.2, -0.15) is 0 Å². The molecular weight excluding hydrogens is 382 g/mol. The van der Waals surface area contributed by atoms with Gasteiger partial charge in [0.05, 0.1) is 24.7 Å². The Kier molecular flexibility index (Phi) is 6.60. The number of benzene rings is 2. The Labute approximate surface area is 157 Å². The van der Waals surface area contributed by atoms with Crippen LogP contribution in [0, 0.1) is 0 Å². The summed E-state index contributed by atoms with van der Waals surface area (Å²) in [6, 6.07) is 10.5. The Bertz CT molecular complexity index is 900. The van der Waals surface area contributed by atoms with Gasteiger partial charge >= 0.3 is 5.97 Å². The summed E-state index contributed by atoms with van der Waals surface area (Å²) >= 11 is 5.94. The Hall–Kier alpha value is -2.13. The van der Waals surface area contributed by atoms with Crippen LogP contribution in [-0.4, -0.2) is 40.1 Å². The second-order valence-corrected chi connectivity index (χ2v) is 7.53. The lowest BCUT2D eigenvalue weighted by Gasteiger charge is -2.14. The fourth-order valence-electron chi connectivity index (χ4n) is 2.12. The summed E-state index contributed by atoms with van der Waals surface area (Å²) in [5, 5.41) is 0.479. The first-order chi connectivity index (χ1) is 12.3. The number of ether oxygens (including phenoxy) is 2. The van der Waals surface area contributed by atoms with Crippen LogP contribution in [0.3, 0.4) is 0 Å². The van der Waals surface area contributed by atoms with E-state index in [-0.39, 0.29) is 17.1 Å². The van der Waals surface area contributed by atoms with Crippen molar-refractivity contribution in [1.29, 1.82) is 0 Å². The number of halogens is 1. The summed E-state index contributed by atoms with van der Waals surface area (Å²) in [6.45, 7) is -0.0719. The number of carbonyl (C=O) groups excluding carboxylic acids is 1. The molecule has 26 heavy (non-hydrogen) atoms. The predicted molar refractivity (Wildman–Crippen MR) is 95.5 cm³/mol. The van der Waals surface area contributed by atoms with Gasteiger partial charge in [-0.1, -0.05) is 22.1 Å². The van der Waals surface area contributed by atoms with E-state index in [1.54, 1.807) is 18.2 Å². The molecule has 0 fully saturated rings. The van der Waals surface area contributed by atoms with E-state index in [1.165, 1.54) is 45.5 Å². The SMILES string of the molecule is COc1ccc(Cl)cc1COC(=O)c1cccc(S(=O)(=O)N(C)OC)c1. The van der Waals surface area contributed by atoms with Crippen LogP contribution in [0.5, 0.6) is 5.75 Å². The summed E-state index contributed by atoms with van der Waals surface area (Å²) in [5.74, 6) is -0.149. The van der Waals surface area contributed by atoms with Crippen molar-refractivity contribution in [3.8, 4) is 5.75 Å². The highest BCUT2D eigenvalue weighted by Gasteiger charge is 2.22. The quantitative estimate of drug-likeness (QED) is 0.526. The molecule has 7 nitrogen and oxygen atoms in total. The number of sulfonamides is 1. The minimum Gasteiger partial charge on any atom is -0.496 e. The number of rotatable bonds is 7. The van der Waals surface area contributed by atoms with Crippen LogP contribution < -0.4 is 4.74 Å². The van der Waals surface area contributed by atoms with E-state index in [2.05, 4.69) is 0 Å². The second kappa shape index (κ2) is 8.50. The molecular formula is C17H18ClNO6S. The summed E-state index contributed by atoms with van der Waals surface area (Å²) in [7, 11) is 0.119. The smallest absolute Gasteiger partial charge is 0.338 e. The van der Waals surface area contributed by atoms with E-state index in [0.29, 0.717) is 20.8 Å². The number of hydroxylamine groups is 1. The zero-order valence-corrected chi connectivity index (χ0v) is 16.0. The molecule has 0 bridgehead atoms. The molecule has 2 aromatic rings. The zero-order valence-electron chi connectivity index (χ0n) is 14.4. The van der Waals surface area contributed by atoms with Crippen LogP contribution in [-0.2, 0) is 26.2 Å². The van der Waals surface area contributed by atoms with Crippen molar-refractivity contribution in [2.24, 2.45) is 0 Å². The van der Waals surface area contributed by atoms with Gasteiger partial charge in [-0.25, -0.2) is 13.2 Å². The number of esters is 1. The second-order valence-electron chi connectivity index (χ2n) is 5.16. The highest BCUT2D eigenvalue weighted by Crippen LogP contribution is 2.24. The molecule has 0 aliphatic carbocycles. The Balaban J connectivity index is 2.19. The Morgan fingerprint density at radius 3 is 2.54 bits per heavy atom. The minimum absolute atomic E-state index is 0.0719. The van der Waals surface area contributed by atoms with Gasteiger partial charge in [0, 0.05) is 17.6 Å². The fourth-order valence-corrected chi connectivity index (χ4v) is 3.33. The molecule has 0 saturated carbocycles. The van der Waals surface area contributed by atoms with Gasteiger partial charge in [0.25, 0.3) is 10.0 Å². The Morgan fingerprint density at radius 2 is 1.88 bits per heavy atom. The van der Waals surface area contributed by atoms with Crippen molar-refractivity contribution in [3.05, 3.63) is 58.6 Å². The van der Waals surface area contributed by atoms with Crippen LogP contribution in [0.4, 0.5) is 0 Å². The molecule has 0 unspecified atom stereocenters. The third-order valence-corrected chi connectivity index (χ3v) is 5.48. The number of nitrogens with zero attached hydrogens (tertiary/aromatic N) is 1. The van der Waals surface area contributed by atoms with Crippen LogP contribution in [0.1, 0.15) is 15.9 Å². The lowest BCUT2D eigenvalue weighted by Crippen LogP contribution is -2.25. The zero-order chi connectivity index (χ0) is 19.3. The lowest BCUT2D eigenvalue weighted by atomic mass is 10.2. The minimum atomic E-state index is -3.86. The molecule has 0 aliphatic rings. The maximum atomic E-state index is 12.3. The lowest BCUT2D eigenvalue weighted by molar-refractivity contribution is -0.0258. The topological polar surface area (TPSA) is 82.1 Å². The van der Waals surface area contributed by atoms with Gasteiger partial charge in [0.2, 0.25) is 0 Å². The number of hydrogen-bond donors (Lipinski definition) is 0. The maximum absolute atomic E-state index is 12.3. The third kappa shape index (κ3) is 4.53. The molecule has 0 aromatic heterocycles. The highest BCUT2D eigenvalue weighted by molar-refractivity contribution is 7.89. The van der Waals surface area contributed by atoms with E-state index in [9.17, 15) is 13.2 Å². The molecule has 0 aliphatic heterocycles. The fraction of sp³-hybridized carbons (Fsp3) is 0.235. The molecule has 0 amide bonds. The van der Waals surface area contributed by atoms with E-state index in [1.807, 2.05) is 0 Å². The van der Waals surface area contributed by atoms with Crippen LogP contribution in [0.2, 0.25) is 5.02 Å². The summed E-state index contributed by atoms with van der Waals surface area (Å²) in [6.07, 6.45) is 0. The molecule has 2 aromatic carbocycles. The normalized spacial score (nSPS) is 11.4. The van der Waals surface area contributed by atoms with Crippen molar-refractivity contribution in [2.75, 3.05) is 21.3 Å². The standard InChI is InChI=1S/C17H18ClNO6S/c1-19(24-3)26(21,22)15-6-4-5-12(10-15)17(20)25-11-13-9-14(18)7-8-16(13)23-2/h4-10H,11H2,1-3H3. The van der Waals surface area contributed by atoms with Crippen molar-refractivity contribution < 1.29 is 27.5 Å². The summed E-state index contributed by atoms with van der Waals surface area (Å²) in [5.41, 5.74) is 0.688. The summed E-state index contributed by atoms with van der Waals surface area (Å²) in [4.78, 5) is 16.9. The van der Waals surface area contributed by atoms with Crippen molar-refractivity contribution in [3.63, 3.8) is 0 Å². The predicted octanol–water partition coefficient (Wildman–Crippen LogP) is 2.89. The van der Waals surface area contributed by atoms with E-state index in [4.69, 9.17) is 25.9 Å². The van der Waals surface area contributed by atoms with Gasteiger partial charge in [-0.05, 0) is 36.4 Å². The molecule has 9 heteroatoms. The van der Waals surface area contributed by atoms with Crippen LogP contribution in [0.15, 0.2) is 47.4 Å². The molecule has 0 saturated heterocycles. The number of methoxy groups -OCH3 is 1. The summed E-state index contributed by atoms with van der Waals surface area (Å²) < 4.78 is 35.7. The third-order valence-electron chi connectivity index (χ3n) is 3.56. The van der Waals surface area contributed by atoms with Gasteiger partial charge in [-0.15, -0.1) is 0 Å². The maximum Gasteiger partial charge on any atom is 0.338 e. The van der Waals surface area contributed by atoms with Crippen molar-refractivity contribution in [1.82, 2.24) is 4.47 Å². The monoisotopic (exact) mass is 399 g/mol. The van der Waals surface area contributed by atoms with Gasteiger partial charge in [-0.3, -0.25) is 4.84 Å². The Morgan fingerprint density at radius 1 is 1.15 bits per heavy atom. The van der Waals surface area contributed by atoms with Crippen molar-refractivity contribution in [2.45, 2.75) is 11.5 Å². The number of hydrogen-bond acceptors (Lipinski definition) is 6. The van der Waals surface area contributed by atoms with E-state index in [0.717, 1.165) is 0 Å². The molecule has 0 spiro atoms. The first-order valence-corrected chi connectivity index (χ1v) is 9.24. The largest absolute Gasteiger partial charge is 0.496 e. The van der Waals surface area contributed by atoms with Crippen molar-refractivity contribution >= 4 is 27.6 Å². The first kappa shape index (κ1) is 20.2. The van der Waals surface area contributed by atoms with E-state index >= 15 is 0 Å². The molecule has 0 N–H and O–H groups in total. The van der Waals surface area contributed by atoms with Crippen LogP contribution in [0.25, 0.3) is 0 Å². The highest BCUT2D eigenvalue weighted by atomic mass is 35.5.